The Morgan fingerprint density at radius 3 is 2.31 bits per heavy atom. The molecule has 0 bridgehead atoms. The first-order chi connectivity index (χ1) is 15.1. The van der Waals surface area contributed by atoms with Gasteiger partial charge in [0.25, 0.3) is 0 Å². The number of fused-ring (bicyclic) bond motifs is 2. The molecule has 1 heterocycles. The Labute approximate surface area is 196 Å². The van der Waals surface area contributed by atoms with Crippen LogP contribution in [-0.4, -0.2) is 0 Å². The van der Waals surface area contributed by atoms with E-state index in [9.17, 15) is 0 Å². The summed E-state index contributed by atoms with van der Waals surface area (Å²) in [5.41, 5.74) is 6.90. The van der Waals surface area contributed by atoms with Crippen LogP contribution in [0.3, 0.4) is 0 Å². The molecule has 2 aromatic carbocycles. The van der Waals surface area contributed by atoms with Gasteiger partial charge < -0.3 is 9.05 Å². The molecule has 0 aromatic heterocycles. The Hall–Kier alpha value is -1.60. The molecule has 32 heavy (non-hydrogen) atoms. The second kappa shape index (κ2) is 10.1. The summed E-state index contributed by atoms with van der Waals surface area (Å²) in [6.07, 6.45) is 5.16. The summed E-state index contributed by atoms with van der Waals surface area (Å²) in [5.74, 6) is 1.86. The maximum absolute atomic E-state index is 15.1. The van der Waals surface area contributed by atoms with Crippen LogP contribution in [0.5, 0.6) is 11.5 Å². The third-order valence-electron chi connectivity index (χ3n) is 7.43. The van der Waals surface area contributed by atoms with E-state index in [4.69, 9.17) is 9.05 Å². The Kier molecular flexibility index (Phi) is 7.92. The normalized spacial score (nSPS) is 19.2. The molecule has 0 fully saturated rings. The van der Waals surface area contributed by atoms with Crippen molar-refractivity contribution in [3.05, 3.63) is 57.6 Å². The third-order valence-corrected chi connectivity index (χ3v) is 8.08. The van der Waals surface area contributed by atoms with Gasteiger partial charge in [-0.3, -0.25) is 0 Å². The summed E-state index contributed by atoms with van der Waals surface area (Å²) < 4.78 is 26.9. The molecule has 0 saturated heterocycles. The zero-order valence-electron chi connectivity index (χ0n) is 21.1. The van der Waals surface area contributed by atoms with Crippen molar-refractivity contribution in [1.82, 2.24) is 0 Å². The van der Waals surface area contributed by atoms with Crippen molar-refractivity contribution in [2.24, 2.45) is 0 Å². The van der Waals surface area contributed by atoms with Gasteiger partial charge in [-0.15, -0.1) is 4.20 Å². The largest absolute Gasteiger partial charge is 0.505 e. The molecule has 3 rings (SSSR count). The van der Waals surface area contributed by atoms with Crippen molar-refractivity contribution in [3.8, 4) is 11.5 Å². The highest BCUT2D eigenvalue weighted by molar-refractivity contribution is 7.42. The van der Waals surface area contributed by atoms with Gasteiger partial charge in [-0.2, -0.15) is 0 Å². The van der Waals surface area contributed by atoms with E-state index in [0.29, 0.717) is 17.4 Å². The van der Waals surface area contributed by atoms with Crippen LogP contribution >= 0.6 is 8.69 Å². The van der Waals surface area contributed by atoms with Crippen molar-refractivity contribution in [2.45, 2.75) is 105 Å². The molecule has 1 aliphatic heterocycles. The molecule has 0 amide bonds. The minimum Gasteiger partial charge on any atom is -0.414 e. The van der Waals surface area contributed by atoms with Crippen LogP contribution in [0.4, 0.5) is 4.20 Å². The third kappa shape index (κ3) is 4.98. The standard InChI is InChI=1S/C28H40FO2P/c1-9-12-13-21-15-22(18(4)10-2)16-24-20(6)25-17-23(28(7,8)11-3)14-19(5)26(25)30-32(29)31-27(21)24/h14-18,20H,9-13H2,1-8H3. The fourth-order valence-electron chi connectivity index (χ4n) is 4.42. The minimum absolute atomic E-state index is 0.0481. The number of unbranched alkanes of at least 4 members (excludes halogenated alkanes) is 1. The summed E-state index contributed by atoms with van der Waals surface area (Å²) in [7, 11) is -2.54. The summed E-state index contributed by atoms with van der Waals surface area (Å²) in [5, 5.41) is 0. The zero-order valence-corrected chi connectivity index (χ0v) is 22.0. The number of hydrogen-bond acceptors (Lipinski definition) is 2. The number of hydrogen-bond donors (Lipinski definition) is 0. The van der Waals surface area contributed by atoms with Crippen molar-refractivity contribution in [1.29, 1.82) is 0 Å². The Balaban J connectivity index is 2.25. The van der Waals surface area contributed by atoms with Crippen LogP contribution in [0, 0.1) is 6.92 Å². The molecule has 4 heteroatoms. The van der Waals surface area contributed by atoms with Crippen molar-refractivity contribution < 1.29 is 13.2 Å². The van der Waals surface area contributed by atoms with Crippen LogP contribution in [0.2, 0.25) is 0 Å². The van der Waals surface area contributed by atoms with Gasteiger partial charge in [0.05, 0.1) is 0 Å². The molecule has 0 N–H and O–H groups in total. The average molecular weight is 459 g/mol. The van der Waals surface area contributed by atoms with E-state index in [1.807, 2.05) is 6.92 Å². The van der Waals surface area contributed by atoms with Crippen LogP contribution in [0.25, 0.3) is 0 Å². The van der Waals surface area contributed by atoms with Gasteiger partial charge in [-0.25, -0.2) is 0 Å². The lowest BCUT2D eigenvalue weighted by Crippen LogP contribution is -2.18. The van der Waals surface area contributed by atoms with Gasteiger partial charge in [0, 0.05) is 17.0 Å². The highest BCUT2D eigenvalue weighted by Crippen LogP contribution is 2.53. The van der Waals surface area contributed by atoms with Crippen molar-refractivity contribution >= 4 is 8.69 Å². The molecule has 0 aliphatic carbocycles. The molecule has 2 aromatic rings. The van der Waals surface area contributed by atoms with E-state index >= 15 is 4.20 Å². The first kappa shape index (κ1) is 25.0. The molecule has 0 radical (unpaired) electrons. The Morgan fingerprint density at radius 2 is 1.69 bits per heavy atom. The average Bonchev–Trinajstić information content (AvgIpc) is 2.77. The van der Waals surface area contributed by atoms with Gasteiger partial charge >= 0.3 is 8.69 Å². The van der Waals surface area contributed by atoms with Crippen LogP contribution < -0.4 is 9.05 Å². The van der Waals surface area contributed by atoms with Gasteiger partial charge in [0.1, 0.15) is 11.5 Å². The quantitative estimate of drug-likeness (QED) is 0.384. The highest BCUT2D eigenvalue weighted by atomic mass is 31.2. The van der Waals surface area contributed by atoms with E-state index < -0.39 is 8.69 Å². The maximum atomic E-state index is 15.1. The summed E-state index contributed by atoms with van der Waals surface area (Å²) in [6, 6.07) is 8.90. The van der Waals surface area contributed by atoms with E-state index in [1.54, 1.807) is 0 Å². The SMILES string of the molecule is CCCCc1cc(C(C)CC)cc2c1OP(F)Oc1c(C)cc(C(C)(C)CC)cc1C2C. The second-order valence-electron chi connectivity index (χ2n) is 10.1. The van der Waals surface area contributed by atoms with Crippen LogP contribution in [0.15, 0.2) is 24.3 Å². The fraction of sp³-hybridized carbons (Fsp3) is 0.571. The van der Waals surface area contributed by atoms with Crippen molar-refractivity contribution in [3.63, 3.8) is 0 Å². The molecular formula is C28H40FO2P. The molecule has 3 atom stereocenters. The zero-order chi connectivity index (χ0) is 23.6. The van der Waals surface area contributed by atoms with Gasteiger partial charge in [0.2, 0.25) is 0 Å². The predicted octanol–water partition coefficient (Wildman–Crippen LogP) is 9.66. The first-order valence-corrected chi connectivity index (χ1v) is 13.3. The van der Waals surface area contributed by atoms with Crippen LogP contribution in [0.1, 0.15) is 119 Å². The monoisotopic (exact) mass is 458 g/mol. The lowest BCUT2D eigenvalue weighted by Gasteiger charge is -2.31. The van der Waals surface area contributed by atoms with E-state index in [2.05, 4.69) is 72.7 Å². The lowest BCUT2D eigenvalue weighted by atomic mass is 9.78. The Bertz CT molecular complexity index is 953. The fourth-order valence-corrected chi connectivity index (χ4v) is 5.21. The molecule has 0 spiro atoms. The van der Waals surface area contributed by atoms with E-state index in [-0.39, 0.29) is 11.3 Å². The summed E-state index contributed by atoms with van der Waals surface area (Å²) in [6.45, 7) is 17.7. The lowest BCUT2D eigenvalue weighted by molar-refractivity contribution is 0.419. The van der Waals surface area contributed by atoms with Gasteiger partial charge in [0.15, 0.2) is 0 Å². The van der Waals surface area contributed by atoms with E-state index in [0.717, 1.165) is 54.4 Å². The molecular weight excluding hydrogens is 418 g/mol. The summed E-state index contributed by atoms with van der Waals surface area (Å²) >= 11 is 0. The number of benzene rings is 2. The Morgan fingerprint density at radius 1 is 1.03 bits per heavy atom. The van der Waals surface area contributed by atoms with Gasteiger partial charge in [-0.05, 0) is 66.2 Å². The first-order valence-electron chi connectivity index (χ1n) is 12.3. The molecule has 176 valence electrons. The number of rotatable bonds is 7. The summed E-state index contributed by atoms with van der Waals surface area (Å²) in [4.78, 5) is 0. The number of aryl methyl sites for hydroxylation is 2. The van der Waals surface area contributed by atoms with Crippen LogP contribution in [-0.2, 0) is 11.8 Å². The molecule has 3 unspecified atom stereocenters. The smallest absolute Gasteiger partial charge is 0.414 e. The molecule has 0 saturated carbocycles. The second-order valence-corrected chi connectivity index (χ2v) is 10.9. The minimum atomic E-state index is -2.54. The maximum Gasteiger partial charge on any atom is 0.505 e. The number of halogens is 1. The molecule has 1 aliphatic rings. The van der Waals surface area contributed by atoms with Gasteiger partial charge in [-0.1, -0.05) is 79.2 Å². The van der Waals surface area contributed by atoms with E-state index in [1.165, 1.54) is 11.1 Å². The highest BCUT2D eigenvalue weighted by Gasteiger charge is 2.32. The topological polar surface area (TPSA) is 18.5 Å². The molecule has 2 nitrogen and oxygen atoms in total. The van der Waals surface area contributed by atoms with Crippen molar-refractivity contribution in [2.75, 3.05) is 0 Å². The predicted molar refractivity (Wildman–Crippen MR) is 135 cm³/mol.